The highest BCUT2D eigenvalue weighted by Crippen LogP contribution is 2.39. The van der Waals surface area contributed by atoms with Crippen LogP contribution in [0.1, 0.15) is 26.7 Å². The smallest absolute Gasteiger partial charge is 0.228 e. The third kappa shape index (κ3) is 3.77. The molecule has 0 heterocycles. The van der Waals surface area contributed by atoms with Gasteiger partial charge in [-0.25, -0.2) is 8.78 Å². The number of anilines is 1. The molecule has 21 heavy (non-hydrogen) atoms. The van der Waals surface area contributed by atoms with Crippen molar-refractivity contribution in [1.29, 1.82) is 0 Å². The average molecular weight is 296 g/mol. The van der Waals surface area contributed by atoms with Gasteiger partial charge >= 0.3 is 0 Å². The summed E-state index contributed by atoms with van der Waals surface area (Å²) < 4.78 is 26.2. The molecule has 2 amide bonds. The van der Waals surface area contributed by atoms with Gasteiger partial charge < -0.3 is 10.6 Å². The second kappa shape index (κ2) is 6.20. The molecule has 1 aliphatic rings. The Balaban J connectivity index is 1.90. The molecule has 1 saturated carbocycles. The molecule has 0 spiro atoms. The van der Waals surface area contributed by atoms with Crippen LogP contribution in [-0.4, -0.2) is 17.9 Å². The highest BCUT2D eigenvalue weighted by Gasteiger charge is 2.48. The third-order valence-electron chi connectivity index (χ3n) is 3.65. The third-order valence-corrected chi connectivity index (χ3v) is 3.65. The summed E-state index contributed by atoms with van der Waals surface area (Å²) in [6, 6.07) is 3.00. The average Bonchev–Trinajstić information content (AvgIpc) is 3.22. The molecule has 1 fully saturated rings. The molecule has 3 unspecified atom stereocenters. The molecule has 0 aromatic heterocycles. The standard InChI is InChI=1S/C15H18F2N2O2/c1-3-8(2)18-14(20)10-7-11(10)15(21)19-13-5-4-9(16)6-12(13)17/h4-6,8,10-11H,3,7H2,1-2H3,(H,18,20)(H,19,21). The molecule has 4 nitrogen and oxygen atoms in total. The molecule has 114 valence electrons. The van der Waals surface area contributed by atoms with E-state index in [2.05, 4.69) is 10.6 Å². The summed E-state index contributed by atoms with van der Waals surface area (Å²) in [4.78, 5) is 23.8. The van der Waals surface area contributed by atoms with Crippen molar-refractivity contribution in [2.45, 2.75) is 32.7 Å². The minimum Gasteiger partial charge on any atom is -0.353 e. The van der Waals surface area contributed by atoms with Gasteiger partial charge in [-0.2, -0.15) is 0 Å². The fourth-order valence-electron chi connectivity index (χ4n) is 2.04. The number of halogens is 2. The van der Waals surface area contributed by atoms with Crippen LogP contribution in [-0.2, 0) is 9.59 Å². The van der Waals surface area contributed by atoms with Crippen molar-refractivity contribution >= 4 is 17.5 Å². The van der Waals surface area contributed by atoms with E-state index in [-0.39, 0.29) is 23.6 Å². The van der Waals surface area contributed by atoms with E-state index >= 15 is 0 Å². The van der Waals surface area contributed by atoms with E-state index in [9.17, 15) is 18.4 Å². The summed E-state index contributed by atoms with van der Waals surface area (Å²) in [5, 5.41) is 5.21. The summed E-state index contributed by atoms with van der Waals surface area (Å²) in [5.74, 6) is -2.90. The summed E-state index contributed by atoms with van der Waals surface area (Å²) in [6.45, 7) is 3.85. The normalized spacial score (nSPS) is 21.5. The molecule has 1 aromatic rings. The predicted octanol–water partition coefficient (Wildman–Crippen LogP) is 2.45. The molecule has 2 rings (SSSR count). The van der Waals surface area contributed by atoms with E-state index in [0.29, 0.717) is 12.5 Å². The number of hydrogen-bond acceptors (Lipinski definition) is 2. The van der Waals surface area contributed by atoms with Crippen LogP contribution >= 0.6 is 0 Å². The summed E-state index contributed by atoms with van der Waals surface area (Å²) >= 11 is 0. The zero-order valence-electron chi connectivity index (χ0n) is 12.0. The van der Waals surface area contributed by atoms with Crippen molar-refractivity contribution in [1.82, 2.24) is 5.32 Å². The lowest BCUT2D eigenvalue weighted by Crippen LogP contribution is -2.34. The Labute approximate surface area is 121 Å². The first-order valence-electron chi connectivity index (χ1n) is 6.98. The van der Waals surface area contributed by atoms with Gasteiger partial charge in [0.25, 0.3) is 0 Å². The van der Waals surface area contributed by atoms with Crippen molar-refractivity contribution < 1.29 is 18.4 Å². The number of rotatable bonds is 5. The molecule has 0 bridgehead atoms. The summed E-state index contributed by atoms with van der Waals surface area (Å²) in [6.07, 6.45) is 1.27. The van der Waals surface area contributed by atoms with Crippen LogP contribution in [0.4, 0.5) is 14.5 Å². The maximum Gasteiger partial charge on any atom is 0.228 e. The zero-order valence-corrected chi connectivity index (χ0v) is 12.0. The van der Waals surface area contributed by atoms with Crippen LogP contribution in [0.3, 0.4) is 0 Å². The van der Waals surface area contributed by atoms with Crippen LogP contribution in [0.15, 0.2) is 18.2 Å². The second-order valence-electron chi connectivity index (χ2n) is 5.38. The van der Waals surface area contributed by atoms with Crippen molar-refractivity contribution in [3.05, 3.63) is 29.8 Å². The van der Waals surface area contributed by atoms with Crippen LogP contribution < -0.4 is 10.6 Å². The number of carbonyl (C=O) groups excluding carboxylic acids is 2. The van der Waals surface area contributed by atoms with E-state index in [0.717, 1.165) is 12.5 Å². The highest BCUT2D eigenvalue weighted by atomic mass is 19.1. The molecule has 0 saturated heterocycles. The molecule has 0 radical (unpaired) electrons. The lowest BCUT2D eigenvalue weighted by molar-refractivity contribution is -0.125. The Morgan fingerprint density at radius 2 is 1.95 bits per heavy atom. The number of hydrogen-bond donors (Lipinski definition) is 2. The van der Waals surface area contributed by atoms with Crippen molar-refractivity contribution in [2.24, 2.45) is 11.8 Å². The van der Waals surface area contributed by atoms with E-state index in [1.54, 1.807) is 0 Å². The molecular formula is C15H18F2N2O2. The topological polar surface area (TPSA) is 58.2 Å². The predicted molar refractivity (Wildman–Crippen MR) is 74.5 cm³/mol. The van der Waals surface area contributed by atoms with E-state index in [1.807, 2.05) is 13.8 Å². The van der Waals surface area contributed by atoms with Crippen LogP contribution in [0.5, 0.6) is 0 Å². The van der Waals surface area contributed by atoms with Gasteiger partial charge in [-0.05, 0) is 31.9 Å². The first kappa shape index (κ1) is 15.4. The number of carbonyl (C=O) groups is 2. The molecule has 6 heteroatoms. The maximum atomic E-state index is 13.4. The molecule has 0 aliphatic heterocycles. The Morgan fingerprint density at radius 3 is 2.57 bits per heavy atom. The molecule has 3 atom stereocenters. The highest BCUT2D eigenvalue weighted by molar-refractivity contribution is 5.99. The lowest BCUT2D eigenvalue weighted by atomic mass is 10.2. The quantitative estimate of drug-likeness (QED) is 0.877. The maximum absolute atomic E-state index is 13.4. The zero-order chi connectivity index (χ0) is 15.6. The lowest BCUT2D eigenvalue weighted by Gasteiger charge is -2.11. The van der Waals surface area contributed by atoms with Gasteiger partial charge in [-0.1, -0.05) is 6.92 Å². The Hall–Kier alpha value is -1.98. The van der Waals surface area contributed by atoms with Gasteiger partial charge in [-0.3, -0.25) is 9.59 Å². The monoisotopic (exact) mass is 296 g/mol. The van der Waals surface area contributed by atoms with Crippen molar-refractivity contribution in [3.8, 4) is 0 Å². The van der Waals surface area contributed by atoms with Crippen LogP contribution in [0.25, 0.3) is 0 Å². The number of amides is 2. The minimum absolute atomic E-state index is 0.0661. The fourth-order valence-corrected chi connectivity index (χ4v) is 2.04. The van der Waals surface area contributed by atoms with Crippen LogP contribution in [0, 0.1) is 23.5 Å². The molecule has 1 aromatic carbocycles. The van der Waals surface area contributed by atoms with Gasteiger partial charge in [0.15, 0.2) is 0 Å². The van der Waals surface area contributed by atoms with Gasteiger partial charge in [0.2, 0.25) is 11.8 Å². The summed E-state index contributed by atoms with van der Waals surface area (Å²) in [7, 11) is 0. The van der Waals surface area contributed by atoms with Crippen LogP contribution in [0.2, 0.25) is 0 Å². The molecule has 1 aliphatic carbocycles. The second-order valence-corrected chi connectivity index (χ2v) is 5.38. The molecular weight excluding hydrogens is 278 g/mol. The summed E-state index contributed by atoms with van der Waals surface area (Å²) in [5.41, 5.74) is -0.0746. The van der Waals surface area contributed by atoms with Crippen molar-refractivity contribution in [2.75, 3.05) is 5.32 Å². The van der Waals surface area contributed by atoms with Crippen molar-refractivity contribution in [3.63, 3.8) is 0 Å². The first-order chi connectivity index (χ1) is 9.92. The number of benzene rings is 1. The SMILES string of the molecule is CCC(C)NC(=O)C1CC1C(=O)Nc1ccc(F)cc1F. The van der Waals surface area contributed by atoms with Gasteiger partial charge in [0.1, 0.15) is 11.6 Å². The van der Waals surface area contributed by atoms with Gasteiger partial charge in [0, 0.05) is 12.1 Å². The Bertz CT molecular complexity index is 563. The first-order valence-corrected chi connectivity index (χ1v) is 6.98. The van der Waals surface area contributed by atoms with E-state index in [4.69, 9.17) is 0 Å². The molecule has 2 N–H and O–H groups in total. The van der Waals surface area contributed by atoms with Gasteiger partial charge in [-0.15, -0.1) is 0 Å². The van der Waals surface area contributed by atoms with E-state index in [1.165, 1.54) is 6.07 Å². The fraction of sp³-hybridized carbons (Fsp3) is 0.467. The Morgan fingerprint density at radius 1 is 1.29 bits per heavy atom. The number of nitrogens with one attached hydrogen (secondary N) is 2. The largest absolute Gasteiger partial charge is 0.353 e. The minimum atomic E-state index is -0.829. The van der Waals surface area contributed by atoms with Gasteiger partial charge in [0.05, 0.1) is 17.5 Å². The van der Waals surface area contributed by atoms with E-state index < -0.39 is 23.5 Å². The Kier molecular flexibility index (Phi) is 4.55.